The molecular formula is C27H28F2N4O3S2. The summed E-state index contributed by atoms with van der Waals surface area (Å²) in [6.45, 7) is 3.03. The summed E-state index contributed by atoms with van der Waals surface area (Å²) < 4.78 is 56.3. The Bertz CT molecular complexity index is 1530. The number of nitrogens with zero attached hydrogens (tertiary/aromatic N) is 4. The highest BCUT2D eigenvalue weighted by Gasteiger charge is 2.26. The molecule has 0 spiro atoms. The minimum atomic E-state index is -3.80. The summed E-state index contributed by atoms with van der Waals surface area (Å²) in [5.41, 5.74) is 1.11. The van der Waals surface area contributed by atoms with Crippen molar-refractivity contribution in [3.63, 3.8) is 0 Å². The Morgan fingerprint density at radius 1 is 0.974 bits per heavy atom. The monoisotopic (exact) mass is 558 g/mol. The van der Waals surface area contributed by atoms with Crippen LogP contribution in [-0.4, -0.2) is 62.2 Å². The fraction of sp³-hybridized carbons (Fsp3) is 0.259. The number of halogens is 2. The number of sulfonamides is 1. The number of hydrogen-bond donors (Lipinski definition) is 0. The lowest BCUT2D eigenvalue weighted by atomic mass is 10.2. The van der Waals surface area contributed by atoms with E-state index in [1.807, 2.05) is 49.3 Å². The second-order valence-electron chi connectivity index (χ2n) is 8.93. The first-order chi connectivity index (χ1) is 18.1. The molecule has 0 radical (unpaired) electrons. The van der Waals surface area contributed by atoms with Crippen molar-refractivity contribution in [3.8, 4) is 0 Å². The maximum absolute atomic E-state index is 14.3. The quantitative estimate of drug-likeness (QED) is 0.274. The van der Waals surface area contributed by atoms with Crippen molar-refractivity contribution in [2.45, 2.75) is 18.4 Å². The second kappa shape index (κ2) is 11.6. The fourth-order valence-corrected chi connectivity index (χ4v) is 6.34. The Hall–Kier alpha value is -3.25. The highest BCUT2D eigenvalue weighted by molar-refractivity contribution is 7.89. The summed E-state index contributed by atoms with van der Waals surface area (Å²) in [7, 11) is -0.0939. The zero-order valence-electron chi connectivity index (χ0n) is 21.3. The maximum Gasteiger partial charge on any atom is 0.260 e. The number of fused-ring (bicyclic) bond motifs is 1. The molecule has 0 atom stereocenters. The lowest BCUT2D eigenvalue weighted by Gasteiger charge is -2.23. The van der Waals surface area contributed by atoms with Crippen LogP contribution in [0.3, 0.4) is 0 Å². The van der Waals surface area contributed by atoms with Gasteiger partial charge in [0.15, 0.2) is 10.9 Å². The Labute approximate surface area is 225 Å². The van der Waals surface area contributed by atoms with E-state index >= 15 is 0 Å². The van der Waals surface area contributed by atoms with Gasteiger partial charge in [-0.1, -0.05) is 48.6 Å². The first-order valence-corrected chi connectivity index (χ1v) is 14.2. The van der Waals surface area contributed by atoms with Gasteiger partial charge in [-0.2, -0.15) is 4.31 Å². The molecule has 7 nitrogen and oxygen atoms in total. The van der Waals surface area contributed by atoms with Crippen molar-refractivity contribution < 1.29 is 22.0 Å². The van der Waals surface area contributed by atoms with Crippen LogP contribution in [0.15, 0.2) is 71.6 Å². The molecule has 0 N–H and O–H groups in total. The highest BCUT2D eigenvalue weighted by atomic mass is 32.2. The van der Waals surface area contributed by atoms with Crippen LogP contribution in [0.5, 0.6) is 0 Å². The molecule has 11 heteroatoms. The predicted octanol–water partition coefficient (Wildman–Crippen LogP) is 4.99. The van der Waals surface area contributed by atoms with Gasteiger partial charge in [-0.05, 0) is 50.0 Å². The second-order valence-corrected chi connectivity index (χ2v) is 11.9. The van der Waals surface area contributed by atoms with Gasteiger partial charge in [0.1, 0.15) is 11.3 Å². The average molecular weight is 559 g/mol. The molecule has 38 heavy (non-hydrogen) atoms. The van der Waals surface area contributed by atoms with Crippen LogP contribution < -0.4 is 4.90 Å². The number of aromatic nitrogens is 1. The van der Waals surface area contributed by atoms with Crippen molar-refractivity contribution in [2.75, 3.05) is 38.6 Å². The third kappa shape index (κ3) is 6.07. The number of likely N-dealkylation sites (N-methyl/N-ethyl adjacent to an activating group) is 1. The predicted molar refractivity (Wildman–Crippen MR) is 146 cm³/mol. The third-order valence-corrected chi connectivity index (χ3v) is 8.90. The van der Waals surface area contributed by atoms with E-state index in [2.05, 4.69) is 4.98 Å². The molecule has 0 unspecified atom stereocenters. The van der Waals surface area contributed by atoms with Gasteiger partial charge in [-0.3, -0.25) is 9.69 Å². The Morgan fingerprint density at radius 3 is 2.29 bits per heavy atom. The van der Waals surface area contributed by atoms with E-state index in [1.165, 1.54) is 39.5 Å². The number of carbonyl (C=O) groups excluding carboxylic acids is 1. The van der Waals surface area contributed by atoms with Gasteiger partial charge < -0.3 is 4.90 Å². The first-order valence-electron chi connectivity index (χ1n) is 12.0. The first kappa shape index (κ1) is 27.8. The summed E-state index contributed by atoms with van der Waals surface area (Å²) in [5, 5.41) is 0.230. The van der Waals surface area contributed by atoms with Crippen LogP contribution in [0.4, 0.5) is 13.9 Å². The molecule has 0 saturated heterocycles. The molecule has 0 aliphatic rings. The standard InChI is InChI=1S/C27H28F2N4O3S2/c1-4-32(18-19-8-6-5-7-9-19)38(35,36)22-12-10-20(11-13-22)26(34)33(15-14-31(2)3)27-30-25-23(29)16-21(28)17-24(25)37-27/h5-13,16-17H,4,14-15,18H2,1-3H3. The van der Waals surface area contributed by atoms with Crippen LogP contribution in [0.25, 0.3) is 10.2 Å². The van der Waals surface area contributed by atoms with Gasteiger partial charge in [0, 0.05) is 37.8 Å². The summed E-state index contributed by atoms with van der Waals surface area (Å²) in [6, 6.07) is 17.0. The molecule has 0 aliphatic carbocycles. The van der Waals surface area contributed by atoms with E-state index in [0.29, 0.717) is 11.2 Å². The SMILES string of the molecule is CCN(Cc1ccccc1)S(=O)(=O)c1ccc(C(=O)N(CCN(C)C)c2nc3c(F)cc(F)cc3s2)cc1. The van der Waals surface area contributed by atoms with Gasteiger partial charge >= 0.3 is 0 Å². The number of benzene rings is 3. The highest BCUT2D eigenvalue weighted by Crippen LogP contribution is 2.32. The number of amides is 1. The van der Waals surface area contributed by atoms with Gasteiger partial charge in [0.05, 0.1) is 9.60 Å². The van der Waals surface area contributed by atoms with Gasteiger partial charge in [0.2, 0.25) is 10.0 Å². The molecule has 1 amide bonds. The smallest absolute Gasteiger partial charge is 0.260 e. The van der Waals surface area contributed by atoms with Gasteiger partial charge in [0.25, 0.3) is 5.91 Å². The number of anilines is 1. The van der Waals surface area contributed by atoms with Crippen LogP contribution in [-0.2, 0) is 16.6 Å². The number of carbonyl (C=O) groups is 1. The van der Waals surface area contributed by atoms with E-state index in [0.717, 1.165) is 23.0 Å². The number of thiazole rings is 1. The van der Waals surface area contributed by atoms with E-state index in [9.17, 15) is 22.0 Å². The zero-order valence-corrected chi connectivity index (χ0v) is 22.9. The van der Waals surface area contributed by atoms with Crippen LogP contribution in [0.2, 0.25) is 0 Å². The zero-order chi connectivity index (χ0) is 27.4. The van der Waals surface area contributed by atoms with Crippen molar-refractivity contribution in [3.05, 3.63) is 89.5 Å². The number of hydrogen-bond acceptors (Lipinski definition) is 6. The van der Waals surface area contributed by atoms with Crippen molar-refractivity contribution in [2.24, 2.45) is 0 Å². The molecule has 0 saturated carbocycles. The topological polar surface area (TPSA) is 73.8 Å². The van der Waals surface area contributed by atoms with E-state index < -0.39 is 27.6 Å². The average Bonchev–Trinajstić information content (AvgIpc) is 3.31. The van der Waals surface area contributed by atoms with Crippen molar-refractivity contribution in [1.82, 2.24) is 14.2 Å². The van der Waals surface area contributed by atoms with Crippen LogP contribution in [0, 0.1) is 11.6 Å². The van der Waals surface area contributed by atoms with Crippen molar-refractivity contribution in [1.29, 1.82) is 0 Å². The summed E-state index contributed by atoms with van der Waals surface area (Å²) in [5.74, 6) is -1.94. The lowest BCUT2D eigenvalue weighted by Crippen LogP contribution is -2.36. The van der Waals surface area contributed by atoms with E-state index in [1.54, 1.807) is 6.92 Å². The van der Waals surface area contributed by atoms with E-state index in [-0.39, 0.29) is 40.7 Å². The third-order valence-electron chi connectivity index (χ3n) is 5.94. The molecule has 0 fully saturated rings. The Morgan fingerprint density at radius 2 is 1.66 bits per heavy atom. The summed E-state index contributed by atoms with van der Waals surface area (Å²) >= 11 is 1.02. The van der Waals surface area contributed by atoms with E-state index in [4.69, 9.17) is 0 Å². The molecular weight excluding hydrogens is 530 g/mol. The summed E-state index contributed by atoms with van der Waals surface area (Å²) in [6.07, 6.45) is 0. The molecule has 1 heterocycles. The molecule has 4 aromatic rings. The van der Waals surface area contributed by atoms with Crippen LogP contribution in [0.1, 0.15) is 22.8 Å². The van der Waals surface area contributed by atoms with Gasteiger partial charge in [-0.15, -0.1) is 0 Å². The molecule has 0 aliphatic heterocycles. The van der Waals surface area contributed by atoms with Crippen molar-refractivity contribution >= 4 is 42.6 Å². The fourth-order valence-electron chi connectivity index (χ4n) is 3.87. The molecule has 200 valence electrons. The molecule has 0 bridgehead atoms. The Kier molecular flexibility index (Phi) is 8.51. The normalized spacial score (nSPS) is 12.0. The summed E-state index contributed by atoms with van der Waals surface area (Å²) in [4.78, 5) is 21.2. The molecule has 4 rings (SSSR count). The molecule has 1 aromatic heterocycles. The Balaban J connectivity index is 1.62. The number of rotatable bonds is 10. The molecule has 3 aromatic carbocycles. The van der Waals surface area contributed by atoms with Crippen LogP contribution >= 0.6 is 11.3 Å². The lowest BCUT2D eigenvalue weighted by molar-refractivity contribution is 0.0985. The maximum atomic E-state index is 14.3. The minimum absolute atomic E-state index is 0.00596. The minimum Gasteiger partial charge on any atom is -0.308 e. The van der Waals surface area contributed by atoms with Gasteiger partial charge in [-0.25, -0.2) is 22.2 Å². The largest absolute Gasteiger partial charge is 0.308 e.